The third-order valence-corrected chi connectivity index (χ3v) is 2.33. The Hall–Kier alpha value is -1.61. The molecule has 1 aromatic carbocycles. The first-order chi connectivity index (χ1) is 7.74. The minimum Gasteiger partial charge on any atom is -0.352 e. The molecule has 0 aliphatic rings. The van der Waals surface area contributed by atoms with Crippen molar-refractivity contribution in [3.63, 3.8) is 0 Å². The Balaban J connectivity index is 2.40. The molecule has 0 bridgehead atoms. The number of benzene rings is 1. The second-order valence-corrected chi connectivity index (χ2v) is 3.61. The molecule has 0 aliphatic heterocycles. The number of nitrogens with two attached hydrogens (primary N) is 1. The monoisotopic (exact) mass is 218 g/mol. The molecule has 3 N–H and O–H groups in total. The Morgan fingerprint density at radius 2 is 2.12 bits per heavy atom. The third kappa shape index (κ3) is 4.28. The standard InChI is InChI=1S/C13H18N2O/c1-11-6-2-3-7-12(11)10-13(16)15-9-5-4-8-14/h2-7H,8-10,14H2,1H3,(H,15,16)/b5-4+. The molecule has 3 nitrogen and oxygen atoms in total. The van der Waals surface area contributed by atoms with E-state index in [4.69, 9.17) is 5.73 Å². The van der Waals surface area contributed by atoms with Crippen LogP contribution in [0.15, 0.2) is 36.4 Å². The van der Waals surface area contributed by atoms with E-state index < -0.39 is 0 Å². The van der Waals surface area contributed by atoms with E-state index >= 15 is 0 Å². The molecule has 0 radical (unpaired) electrons. The van der Waals surface area contributed by atoms with Crippen molar-refractivity contribution in [2.24, 2.45) is 5.73 Å². The highest BCUT2D eigenvalue weighted by Crippen LogP contribution is 2.07. The minimum atomic E-state index is 0.0379. The molecule has 0 spiro atoms. The Bertz CT molecular complexity index is 372. The molecular weight excluding hydrogens is 200 g/mol. The van der Waals surface area contributed by atoms with Crippen molar-refractivity contribution < 1.29 is 4.79 Å². The van der Waals surface area contributed by atoms with Gasteiger partial charge in [-0.05, 0) is 18.1 Å². The zero-order valence-corrected chi connectivity index (χ0v) is 9.57. The minimum absolute atomic E-state index is 0.0379. The maximum Gasteiger partial charge on any atom is 0.224 e. The van der Waals surface area contributed by atoms with E-state index in [9.17, 15) is 4.79 Å². The van der Waals surface area contributed by atoms with Gasteiger partial charge in [-0.2, -0.15) is 0 Å². The molecule has 3 heteroatoms. The van der Waals surface area contributed by atoms with Gasteiger partial charge in [0.15, 0.2) is 0 Å². The topological polar surface area (TPSA) is 55.1 Å². The van der Waals surface area contributed by atoms with Crippen LogP contribution in [0.25, 0.3) is 0 Å². The van der Waals surface area contributed by atoms with Gasteiger partial charge in [0.1, 0.15) is 0 Å². The van der Waals surface area contributed by atoms with Crippen LogP contribution in [0, 0.1) is 6.92 Å². The summed E-state index contributed by atoms with van der Waals surface area (Å²) in [5.41, 5.74) is 7.51. The van der Waals surface area contributed by atoms with E-state index in [1.807, 2.05) is 43.3 Å². The molecule has 0 fully saturated rings. The van der Waals surface area contributed by atoms with Gasteiger partial charge >= 0.3 is 0 Å². The van der Waals surface area contributed by atoms with Crippen molar-refractivity contribution in [2.45, 2.75) is 13.3 Å². The van der Waals surface area contributed by atoms with Crippen molar-refractivity contribution in [2.75, 3.05) is 13.1 Å². The average molecular weight is 218 g/mol. The lowest BCUT2D eigenvalue weighted by Gasteiger charge is -2.05. The number of hydrogen-bond acceptors (Lipinski definition) is 2. The Morgan fingerprint density at radius 3 is 2.81 bits per heavy atom. The summed E-state index contributed by atoms with van der Waals surface area (Å²) in [7, 11) is 0. The first kappa shape index (κ1) is 12.5. The highest BCUT2D eigenvalue weighted by Gasteiger charge is 2.03. The normalized spacial score (nSPS) is 10.6. The van der Waals surface area contributed by atoms with Crippen molar-refractivity contribution in [1.82, 2.24) is 5.32 Å². The predicted octanol–water partition coefficient (Wildman–Crippen LogP) is 1.17. The summed E-state index contributed by atoms with van der Waals surface area (Å²) in [6.45, 7) is 3.06. The van der Waals surface area contributed by atoms with E-state index in [-0.39, 0.29) is 5.91 Å². The highest BCUT2D eigenvalue weighted by molar-refractivity contribution is 5.79. The molecule has 1 amide bonds. The molecule has 0 atom stereocenters. The first-order valence-electron chi connectivity index (χ1n) is 5.40. The van der Waals surface area contributed by atoms with Crippen LogP contribution in [0.2, 0.25) is 0 Å². The smallest absolute Gasteiger partial charge is 0.224 e. The summed E-state index contributed by atoms with van der Waals surface area (Å²) in [5, 5.41) is 2.81. The van der Waals surface area contributed by atoms with Crippen LogP contribution in [0.1, 0.15) is 11.1 Å². The summed E-state index contributed by atoms with van der Waals surface area (Å²) in [4.78, 5) is 11.6. The van der Waals surface area contributed by atoms with Gasteiger partial charge in [-0.25, -0.2) is 0 Å². The predicted molar refractivity (Wildman–Crippen MR) is 66.1 cm³/mol. The lowest BCUT2D eigenvalue weighted by atomic mass is 10.1. The SMILES string of the molecule is Cc1ccccc1CC(=O)NC/C=C/CN. The summed E-state index contributed by atoms with van der Waals surface area (Å²) < 4.78 is 0. The maximum absolute atomic E-state index is 11.6. The Labute approximate surface area is 96.3 Å². The number of carbonyl (C=O) groups excluding carboxylic acids is 1. The quantitative estimate of drug-likeness (QED) is 0.729. The Kier molecular flexibility index (Phi) is 5.29. The fraction of sp³-hybridized carbons (Fsp3) is 0.308. The second-order valence-electron chi connectivity index (χ2n) is 3.61. The molecule has 16 heavy (non-hydrogen) atoms. The fourth-order valence-electron chi connectivity index (χ4n) is 1.40. The zero-order chi connectivity index (χ0) is 11.8. The molecule has 0 saturated carbocycles. The molecule has 0 aromatic heterocycles. The van der Waals surface area contributed by atoms with Gasteiger partial charge in [0.25, 0.3) is 0 Å². The van der Waals surface area contributed by atoms with Crippen LogP contribution in [0.5, 0.6) is 0 Å². The van der Waals surface area contributed by atoms with Crippen LogP contribution < -0.4 is 11.1 Å². The lowest BCUT2D eigenvalue weighted by molar-refractivity contribution is -0.120. The van der Waals surface area contributed by atoms with E-state index in [0.717, 1.165) is 11.1 Å². The van der Waals surface area contributed by atoms with Gasteiger partial charge in [-0.15, -0.1) is 0 Å². The van der Waals surface area contributed by atoms with Crippen molar-refractivity contribution in [3.8, 4) is 0 Å². The highest BCUT2D eigenvalue weighted by atomic mass is 16.1. The molecule has 0 aliphatic carbocycles. The molecule has 0 unspecified atom stereocenters. The Morgan fingerprint density at radius 1 is 1.38 bits per heavy atom. The summed E-state index contributed by atoms with van der Waals surface area (Å²) in [6.07, 6.45) is 4.12. The number of aryl methyl sites for hydroxylation is 1. The fourth-order valence-corrected chi connectivity index (χ4v) is 1.40. The van der Waals surface area contributed by atoms with Crippen molar-refractivity contribution in [3.05, 3.63) is 47.5 Å². The zero-order valence-electron chi connectivity index (χ0n) is 9.57. The maximum atomic E-state index is 11.6. The van der Waals surface area contributed by atoms with Crippen LogP contribution in [0.3, 0.4) is 0 Å². The average Bonchev–Trinajstić information content (AvgIpc) is 2.28. The lowest BCUT2D eigenvalue weighted by Crippen LogP contribution is -2.25. The largest absolute Gasteiger partial charge is 0.352 e. The summed E-state index contributed by atoms with van der Waals surface area (Å²) in [6, 6.07) is 7.91. The first-order valence-corrected chi connectivity index (χ1v) is 5.40. The second kappa shape index (κ2) is 6.80. The van der Waals surface area contributed by atoms with E-state index in [1.54, 1.807) is 0 Å². The number of carbonyl (C=O) groups is 1. The van der Waals surface area contributed by atoms with Crippen LogP contribution >= 0.6 is 0 Å². The molecule has 0 heterocycles. The molecule has 86 valence electrons. The van der Waals surface area contributed by atoms with E-state index in [0.29, 0.717) is 19.5 Å². The molecule has 0 saturated heterocycles. The third-order valence-electron chi connectivity index (χ3n) is 2.33. The van der Waals surface area contributed by atoms with E-state index in [2.05, 4.69) is 5.32 Å². The van der Waals surface area contributed by atoms with Crippen molar-refractivity contribution in [1.29, 1.82) is 0 Å². The molecule has 1 aromatic rings. The van der Waals surface area contributed by atoms with Gasteiger partial charge in [-0.3, -0.25) is 4.79 Å². The van der Waals surface area contributed by atoms with Gasteiger partial charge in [0.2, 0.25) is 5.91 Å². The number of rotatable bonds is 5. The van der Waals surface area contributed by atoms with Crippen LogP contribution in [-0.4, -0.2) is 19.0 Å². The van der Waals surface area contributed by atoms with Crippen LogP contribution in [-0.2, 0) is 11.2 Å². The number of amides is 1. The molecule has 1 rings (SSSR count). The molecular formula is C13H18N2O. The summed E-state index contributed by atoms with van der Waals surface area (Å²) in [5.74, 6) is 0.0379. The number of nitrogens with one attached hydrogen (secondary N) is 1. The van der Waals surface area contributed by atoms with Crippen molar-refractivity contribution >= 4 is 5.91 Å². The number of hydrogen-bond donors (Lipinski definition) is 2. The van der Waals surface area contributed by atoms with Gasteiger partial charge in [-0.1, -0.05) is 36.4 Å². The van der Waals surface area contributed by atoms with E-state index in [1.165, 1.54) is 0 Å². The summed E-state index contributed by atoms with van der Waals surface area (Å²) >= 11 is 0. The van der Waals surface area contributed by atoms with Gasteiger partial charge in [0, 0.05) is 13.1 Å². The van der Waals surface area contributed by atoms with Gasteiger partial charge in [0.05, 0.1) is 6.42 Å². The van der Waals surface area contributed by atoms with Gasteiger partial charge < -0.3 is 11.1 Å². The van der Waals surface area contributed by atoms with Crippen LogP contribution in [0.4, 0.5) is 0 Å².